The lowest BCUT2D eigenvalue weighted by Gasteiger charge is -2.08. The maximum atomic E-state index is 10.6. The van der Waals surface area contributed by atoms with Gasteiger partial charge in [0.15, 0.2) is 0 Å². The third kappa shape index (κ3) is 1.72. The molecule has 0 N–H and O–H groups in total. The first-order valence-electron chi connectivity index (χ1n) is 3.33. The Morgan fingerprint density at radius 3 is 2.83 bits per heavy atom. The van der Waals surface area contributed by atoms with Crippen LogP contribution in [0.2, 0.25) is 0 Å². The first kappa shape index (κ1) is 8.52. The maximum absolute atomic E-state index is 10.6. The molecule has 1 aliphatic heterocycles. The number of carbonyl (C=O) groups is 2. The molecule has 1 unspecified atom stereocenters. The fraction of sp³-hybridized carbons (Fsp3) is 0.250. The van der Waals surface area contributed by atoms with Gasteiger partial charge in [-0.2, -0.15) is 0 Å². The van der Waals surface area contributed by atoms with Crippen LogP contribution in [0.3, 0.4) is 0 Å². The molecule has 1 aliphatic rings. The van der Waals surface area contributed by atoms with Gasteiger partial charge in [0.25, 0.3) is 6.29 Å². The van der Waals surface area contributed by atoms with Crippen LogP contribution in [0.25, 0.3) is 0 Å². The average molecular weight is 168 g/mol. The van der Waals surface area contributed by atoms with E-state index in [9.17, 15) is 9.59 Å². The monoisotopic (exact) mass is 168 g/mol. The predicted octanol–water partition coefficient (Wildman–Crippen LogP) is 0.545. The van der Waals surface area contributed by atoms with Crippen LogP contribution in [0.15, 0.2) is 24.8 Å². The van der Waals surface area contributed by atoms with Crippen molar-refractivity contribution in [3.8, 4) is 0 Å². The van der Waals surface area contributed by atoms with E-state index >= 15 is 0 Å². The molecule has 64 valence electrons. The first-order chi connectivity index (χ1) is 5.63. The van der Waals surface area contributed by atoms with Crippen LogP contribution in [-0.2, 0) is 19.1 Å². The third-order valence-corrected chi connectivity index (χ3v) is 1.33. The van der Waals surface area contributed by atoms with Crippen LogP contribution in [0.1, 0.15) is 6.42 Å². The molecule has 4 nitrogen and oxygen atoms in total. The van der Waals surface area contributed by atoms with Crippen LogP contribution < -0.4 is 0 Å². The van der Waals surface area contributed by atoms with Crippen molar-refractivity contribution in [2.24, 2.45) is 0 Å². The van der Waals surface area contributed by atoms with E-state index in [0.29, 0.717) is 5.57 Å². The molecule has 0 bridgehead atoms. The summed E-state index contributed by atoms with van der Waals surface area (Å²) < 4.78 is 9.26. The molecule has 1 saturated heterocycles. The van der Waals surface area contributed by atoms with E-state index in [1.165, 1.54) is 0 Å². The number of hydrogen-bond donors (Lipinski definition) is 0. The van der Waals surface area contributed by atoms with Crippen LogP contribution >= 0.6 is 0 Å². The molecular formula is C8H8O4. The number of hydrogen-bond acceptors (Lipinski definition) is 4. The fourth-order valence-corrected chi connectivity index (χ4v) is 0.774. The largest absolute Gasteiger partial charge is 0.421 e. The zero-order valence-electron chi connectivity index (χ0n) is 6.41. The Morgan fingerprint density at radius 1 is 1.75 bits per heavy atom. The van der Waals surface area contributed by atoms with E-state index in [2.05, 4.69) is 22.6 Å². The summed E-state index contributed by atoms with van der Waals surface area (Å²) in [6.07, 6.45) is 0.178. The highest BCUT2D eigenvalue weighted by atomic mass is 16.7. The SMILES string of the molecule is C=CC(=O)OC1OC(=O)CC1=C. The summed E-state index contributed by atoms with van der Waals surface area (Å²) in [4.78, 5) is 21.3. The predicted molar refractivity (Wildman–Crippen MR) is 39.9 cm³/mol. The molecule has 1 fully saturated rings. The number of carbonyl (C=O) groups excluding carboxylic acids is 2. The zero-order chi connectivity index (χ0) is 9.14. The molecule has 0 aromatic rings. The van der Waals surface area contributed by atoms with Gasteiger partial charge >= 0.3 is 11.9 Å². The van der Waals surface area contributed by atoms with Crippen LogP contribution in [0, 0.1) is 0 Å². The van der Waals surface area contributed by atoms with Crippen molar-refractivity contribution in [2.75, 3.05) is 0 Å². The van der Waals surface area contributed by atoms with Crippen molar-refractivity contribution >= 4 is 11.9 Å². The Morgan fingerprint density at radius 2 is 2.42 bits per heavy atom. The highest BCUT2D eigenvalue weighted by molar-refractivity contribution is 5.82. The van der Waals surface area contributed by atoms with Crippen LogP contribution in [0.4, 0.5) is 0 Å². The summed E-state index contributed by atoms with van der Waals surface area (Å²) in [7, 11) is 0. The summed E-state index contributed by atoms with van der Waals surface area (Å²) >= 11 is 0. The number of cyclic esters (lactones) is 1. The van der Waals surface area contributed by atoms with Crippen molar-refractivity contribution in [1.82, 2.24) is 0 Å². The van der Waals surface area contributed by atoms with Gasteiger partial charge in [-0.1, -0.05) is 13.2 Å². The summed E-state index contributed by atoms with van der Waals surface area (Å²) in [6, 6.07) is 0. The van der Waals surface area contributed by atoms with Gasteiger partial charge in [0.05, 0.1) is 6.42 Å². The van der Waals surface area contributed by atoms with Gasteiger partial charge in [0, 0.05) is 11.6 Å². The smallest absolute Gasteiger partial charge is 0.333 e. The molecule has 0 spiro atoms. The Labute approximate surface area is 69.5 Å². The quantitative estimate of drug-likeness (QED) is 0.343. The van der Waals surface area contributed by atoms with Crippen molar-refractivity contribution < 1.29 is 19.1 Å². The van der Waals surface area contributed by atoms with E-state index in [-0.39, 0.29) is 6.42 Å². The number of esters is 2. The van der Waals surface area contributed by atoms with E-state index < -0.39 is 18.2 Å². The second-order valence-electron chi connectivity index (χ2n) is 2.30. The standard InChI is InChI=1S/C8H8O4/c1-3-6(9)11-8-5(2)4-7(10)12-8/h3,8H,1-2,4H2. The highest BCUT2D eigenvalue weighted by Crippen LogP contribution is 2.20. The summed E-state index contributed by atoms with van der Waals surface area (Å²) in [5.41, 5.74) is 0.454. The number of ether oxygens (including phenoxy) is 2. The third-order valence-electron chi connectivity index (χ3n) is 1.33. The first-order valence-corrected chi connectivity index (χ1v) is 3.33. The minimum Gasteiger partial charge on any atom is -0.421 e. The molecule has 0 aliphatic carbocycles. The number of rotatable bonds is 2. The molecule has 1 atom stereocenters. The minimum atomic E-state index is -0.928. The minimum absolute atomic E-state index is 0.106. The Kier molecular flexibility index (Phi) is 2.28. The molecule has 12 heavy (non-hydrogen) atoms. The van der Waals surface area contributed by atoms with Crippen LogP contribution in [0.5, 0.6) is 0 Å². The van der Waals surface area contributed by atoms with E-state index in [1.54, 1.807) is 0 Å². The van der Waals surface area contributed by atoms with Gasteiger partial charge in [-0.3, -0.25) is 4.79 Å². The molecule has 1 heterocycles. The Balaban J connectivity index is 2.54. The Bertz CT molecular complexity index is 254. The summed E-state index contributed by atoms with van der Waals surface area (Å²) in [5, 5.41) is 0. The molecular weight excluding hydrogens is 160 g/mol. The summed E-state index contributed by atoms with van der Waals surface area (Å²) in [5.74, 6) is -1.06. The molecule has 0 radical (unpaired) electrons. The fourth-order valence-electron chi connectivity index (χ4n) is 0.774. The topological polar surface area (TPSA) is 52.6 Å². The molecule has 0 amide bonds. The van der Waals surface area contributed by atoms with Gasteiger partial charge in [-0.25, -0.2) is 4.79 Å². The zero-order valence-corrected chi connectivity index (χ0v) is 6.41. The van der Waals surface area contributed by atoms with Gasteiger partial charge in [-0.05, 0) is 0 Å². The van der Waals surface area contributed by atoms with E-state index in [0.717, 1.165) is 6.08 Å². The lowest BCUT2D eigenvalue weighted by Crippen LogP contribution is -2.16. The molecule has 4 heteroatoms. The summed E-state index contributed by atoms with van der Waals surface area (Å²) in [6.45, 7) is 6.72. The average Bonchev–Trinajstić information content (AvgIpc) is 2.30. The van der Waals surface area contributed by atoms with Gasteiger partial charge in [0.2, 0.25) is 0 Å². The van der Waals surface area contributed by atoms with Gasteiger partial charge in [-0.15, -0.1) is 0 Å². The molecule has 0 saturated carbocycles. The molecule has 1 rings (SSSR count). The van der Waals surface area contributed by atoms with Crippen molar-refractivity contribution in [2.45, 2.75) is 12.7 Å². The second-order valence-corrected chi connectivity index (χ2v) is 2.30. The lowest BCUT2D eigenvalue weighted by atomic mass is 10.2. The normalized spacial score (nSPS) is 21.8. The van der Waals surface area contributed by atoms with Crippen molar-refractivity contribution in [3.63, 3.8) is 0 Å². The molecule has 0 aromatic heterocycles. The van der Waals surface area contributed by atoms with E-state index in [1.807, 2.05) is 0 Å². The van der Waals surface area contributed by atoms with Gasteiger partial charge < -0.3 is 9.47 Å². The van der Waals surface area contributed by atoms with Crippen LogP contribution in [-0.4, -0.2) is 18.2 Å². The van der Waals surface area contributed by atoms with Crippen molar-refractivity contribution in [1.29, 1.82) is 0 Å². The lowest BCUT2D eigenvalue weighted by molar-refractivity contribution is -0.169. The van der Waals surface area contributed by atoms with Gasteiger partial charge in [0.1, 0.15) is 0 Å². The second kappa shape index (κ2) is 3.21. The maximum Gasteiger partial charge on any atom is 0.333 e. The highest BCUT2D eigenvalue weighted by Gasteiger charge is 2.29. The van der Waals surface area contributed by atoms with E-state index in [4.69, 9.17) is 0 Å². The molecule has 0 aromatic carbocycles. The van der Waals surface area contributed by atoms with Crippen molar-refractivity contribution in [3.05, 3.63) is 24.8 Å². The Hall–Kier alpha value is -1.58.